The minimum Gasteiger partial charge on any atom is -0.335 e. The van der Waals surface area contributed by atoms with E-state index in [0.717, 1.165) is 31.0 Å². The number of alkyl halides is 2. The first kappa shape index (κ1) is 21.9. The van der Waals surface area contributed by atoms with Crippen LogP contribution in [0.4, 0.5) is 8.78 Å². The quantitative estimate of drug-likeness (QED) is 0.583. The maximum atomic E-state index is 12.8. The Morgan fingerprint density at radius 3 is 2.44 bits per heavy atom. The SMILES string of the molecule is N#Cc1ccc2c(C#N)c(-c3ccc(S(=O)(=O)NC(CF)CF)cn3)n(C3CCC3)c2c1. The molecule has 1 N–H and O–H groups in total. The molecular weight excluding hydrogens is 436 g/mol. The molecule has 3 aromatic rings. The fourth-order valence-corrected chi connectivity index (χ4v) is 4.98. The molecular formula is C22H19F2N5O2S. The summed E-state index contributed by atoms with van der Waals surface area (Å²) >= 11 is 0. The molecule has 2 heterocycles. The number of hydrogen-bond acceptors (Lipinski definition) is 5. The average molecular weight is 455 g/mol. The second-order valence-corrected chi connectivity index (χ2v) is 9.35. The summed E-state index contributed by atoms with van der Waals surface area (Å²) in [6.07, 6.45) is 3.99. The number of benzene rings is 1. The standard InChI is InChI=1S/C22H19F2N5O2S/c23-9-15(10-24)28-32(30,31)17-5-7-20(27-13-17)22-19(12-26)18-6-4-14(11-25)8-21(18)29(22)16-2-1-3-16/h4-8,13,15-16,28H,1-3,9-10H2. The first-order chi connectivity index (χ1) is 15.4. The summed E-state index contributed by atoms with van der Waals surface area (Å²) in [6, 6.07) is 10.9. The number of pyridine rings is 1. The lowest BCUT2D eigenvalue weighted by Crippen LogP contribution is -2.37. The highest BCUT2D eigenvalue weighted by Gasteiger charge is 2.29. The van der Waals surface area contributed by atoms with Gasteiger partial charge in [0, 0.05) is 17.6 Å². The third kappa shape index (κ3) is 3.72. The van der Waals surface area contributed by atoms with Gasteiger partial charge in [0.05, 0.1) is 40.1 Å². The molecule has 1 aliphatic rings. The molecule has 0 unspecified atom stereocenters. The van der Waals surface area contributed by atoms with Crippen LogP contribution in [0.2, 0.25) is 0 Å². The molecule has 0 aliphatic heterocycles. The van der Waals surface area contributed by atoms with Crippen molar-refractivity contribution in [1.82, 2.24) is 14.3 Å². The van der Waals surface area contributed by atoms with Crippen LogP contribution in [0.25, 0.3) is 22.3 Å². The van der Waals surface area contributed by atoms with Crippen LogP contribution >= 0.6 is 0 Å². The van der Waals surface area contributed by atoms with Crippen LogP contribution < -0.4 is 4.72 Å². The minimum atomic E-state index is -4.15. The van der Waals surface area contributed by atoms with E-state index in [4.69, 9.17) is 0 Å². The molecule has 1 saturated carbocycles. The Labute approximate surface area is 184 Å². The Hall–Kier alpha value is -3.34. The molecule has 0 amide bonds. The molecule has 164 valence electrons. The van der Waals surface area contributed by atoms with Gasteiger partial charge in [-0.1, -0.05) is 6.07 Å². The molecule has 2 aromatic heterocycles. The predicted octanol–water partition coefficient (Wildman–Crippen LogP) is 3.76. The van der Waals surface area contributed by atoms with Crippen molar-refractivity contribution in [2.75, 3.05) is 13.3 Å². The lowest BCUT2D eigenvalue weighted by Gasteiger charge is -2.30. The van der Waals surface area contributed by atoms with Gasteiger partial charge in [-0.3, -0.25) is 4.98 Å². The number of fused-ring (bicyclic) bond motifs is 1. The molecule has 0 atom stereocenters. The number of nitrogens with zero attached hydrogens (tertiary/aromatic N) is 4. The van der Waals surface area contributed by atoms with Crippen LogP contribution in [0.15, 0.2) is 41.4 Å². The van der Waals surface area contributed by atoms with E-state index in [1.165, 1.54) is 12.1 Å². The number of sulfonamides is 1. The summed E-state index contributed by atoms with van der Waals surface area (Å²) in [5.74, 6) is 0. The molecule has 7 nitrogen and oxygen atoms in total. The summed E-state index contributed by atoms with van der Waals surface area (Å²) in [5.41, 5.74) is 2.59. The molecule has 1 fully saturated rings. The van der Waals surface area contributed by atoms with Crippen molar-refractivity contribution in [3.05, 3.63) is 47.7 Å². The molecule has 4 rings (SSSR count). The summed E-state index contributed by atoms with van der Waals surface area (Å²) in [7, 11) is -4.15. The zero-order chi connectivity index (χ0) is 22.9. The third-order valence-electron chi connectivity index (χ3n) is 5.67. The predicted molar refractivity (Wildman–Crippen MR) is 114 cm³/mol. The van der Waals surface area contributed by atoms with Gasteiger partial charge in [0.2, 0.25) is 10.0 Å². The monoisotopic (exact) mass is 455 g/mol. The maximum absolute atomic E-state index is 12.8. The van der Waals surface area contributed by atoms with Gasteiger partial charge in [0.25, 0.3) is 0 Å². The molecule has 32 heavy (non-hydrogen) atoms. The smallest absolute Gasteiger partial charge is 0.242 e. The highest BCUT2D eigenvalue weighted by Crippen LogP contribution is 2.42. The molecule has 0 bridgehead atoms. The fourth-order valence-electron chi connectivity index (χ4n) is 3.84. The Balaban J connectivity index is 1.83. The Morgan fingerprint density at radius 1 is 1.16 bits per heavy atom. The second kappa shape index (κ2) is 8.65. The summed E-state index contributed by atoms with van der Waals surface area (Å²) in [6.45, 7) is -2.34. The van der Waals surface area contributed by atoms with Crippen molar-refractivity contribution in [3.63, 3.8) is 0 Å². The number of halogens is 2. The number of aromatic nitrogens is 2. The zero-order valence-corrected chi connectivity index (χ0v) is 17.7. The van der Waals surface area contributed by atoms with Crippen molar-refractivity contribution >= 4 is 20.9 Å². The van der Waals surface area contributed by atoms with Gasteiger partial charge in [-0.25, -0.2) is 21.9 Å². The molecule has 1 aliphatic carbocycles. The van der Waals surface area contributed by atoms with Crippen LogP contribution in [-0.2, 0) is 10.0 Å². The molecule has 0 radical (unpaired) electrons. The van der Waals surface area contributed by atoms with Crippen LogP contribution in [0.5, 0.6) is 0 Å². The first-order valence-electron chi connectivity index (χ1n) is 10.0. The van der Waals surface area contributed by atoms with Crippen molar-refractivity contribution in [1.29, 1.82) is 10.5 Å². The summed E-state index contributed by atoms with van der Waals surface area (Å²) in [4.78, 5) is 4.05. The van der Waals surface area contributed by atoms with Crippen LogP contribution in [0.3, 0.4) is 0 Å². The molecule has 0 spiro atoms. The van der Waals surface area contributed by atoms with Gasteiger partial charge in [-0.15, -0.1) is 0 Å². The van der Waals surface area contributed by atoms with Gasteiger partial charge >= 0.3 is 0 Å². The van der Waals surface area contributed by atoms with E-state index in [1.54, 1.807) is 18.2 Å². The van der Waals surface area contributed by atoms with Crippen LogP contribution in [0, 0.1) is 22.7 Å². The molecule has 1 aromatic carbocycles. The van der Waals surface area contributed by atoms with Crippen molar-refractivity contribution in [2.45, 2.75) is 36.2 Å². The van der Waals surface area contributed by atoms with Gasteiger partial charge in [0.1, 0.15) is 24.3 Å². The van der Waals surface area contributed by atoms with Crippen molar-refractivity contribution < 1.29 is 17.2 Å². The van der Waals surface area contributed by atoms with Gasteiger partial charge < -0.3 is 4.57 Å². The van der Waals surface area contributed by atoms with Crippen molar-refractivity contribution in [3.8, 4) is 23.5 Å². The Bertz CT molecular complexity index is 1350. The van der Waals surface area contributed by atoms with E-state index in [0.29, 0.717) is 27.9 Å². The average Bonchev–Trinajstić information content (AvgIpc) is 3.09. The van der Waals surface area contributed by atoms with Crippen LogP contribution in [-0.4, -0.2) is 37.4 Å². The Kier molecular flexibility index (Phi) is 5.92. The van der Waals surface area contributed by atoms with E-state index < -0.39 is 29.4 Å². The van der Waals surface area contributed by atoms with E-state index >= 15 is 0 Å². The highest BCUT2D eigenvalue weighted by atomic mass is 32.2. The fraction of sp³-hybridized carbons (Fsp3) is 0.318. The third-order valence-corrected chi connectivity index (χ3v) is 7.17. The van der Waals surface area contributed by atoms with E-state index in [2.05, 4.69) is 17.1 Å². The van der Waals surface area contributed by atoms with E-state index in [1.807, 2.05) is 9.29 Å². The summed E-state index contributed by atoms with van der Waals surface area (Å²) < 4.78 is 54.3. The maximum Gasteiger partial charge on any atom is 0.242 e. The highest BCUT2D eigenvalue weighted by molar-refractivity contribution is 7.89. The normalized spacial score (nSPS) is 14.3. The number of rotatable bonds is 7. The number of nitriles is 2. The lowest BCUT2D eigenvalue weighted by atomic mass is 9.92. The zero-order valence-electron chi connectivity index (χ0n) is 16.9. The van der Waals surface area contributed by atoms with Crippen LogP contribution in [0.1, 0.15) is 36.4 Å². The van der Waals surface area contributed by atoms with Crippen molar-refractivity contribution in [2.24, 2.45) is 0 Å². The molecule has 10 heteroatoms. The van der Waals surface area contributed by atoms with E-state index in [-0.39, 0.29) is 10.9 Å². The summed E-state index contributed by atoms with van der Waals surface area (Å²) in [5, 5.41) is 19.9. The largest absolute Gasteiger partial charge is 0.335 e. The number of nitrogens with one attached hydrogen (secondary N) is 1. The molecule has 0 saturated heterocycles. The minimum absolute atomic E-state index is 0.144. The second-order valence-electron chi connectivity index (χ2n) is 7.64. The first-order valence-corrected chi connectivity index (χ1v) is 11.5. The van der Waals surface area contributed by atoms with Gasteiger partial charge in [-0.05, 0) is 43.5 Å². The Morgan fingerprint density at radius 2 is 1.91 bits per heavy atom. The lowest BCUT2D eigenvalue weighted by molar-refractivity contribution is 0.324. The van der Waals surface area contributed by atoms with E-state index in [9.17, 15) is 27.7 Å². The topological polar surface area (TPSA) is 112 Å². The number of hydrogen-bond donors (Lipinski definition) is 1. The van der Waals surface area contributed by atoms with Gasteiger partial charge in [0.15, 0.2) is 0 Å². The van der Waals surface area contributed by atoms with Gasteiger partial charge in [-0.2, -0.15) is 10.5 Å².